The van der Waals surface area contributed by atoms with E-state index in [4.69, 9.17) is 0 Å². The Hall–Kier alpha value is -0.330. The molecule has 0 saturated heterocycles. The Kier molecular flexibility index (Phi) is 10.5. The highest BCUT2D eigenvalue weighted by Crippen LogP contribution is 2.04. The second-order valence-corrected chi connectivity index (χ2v) is 4.13. The first-order valence-electron chi connectivity index (χ1n) is 6.31. The highest BCUT2D eigenvalue weighted by molar-refractivity contribution is 5.81. The number of hydrogen-bond acceptors (Lipinski definition) is 1. The summed E-state index contributed by atoms with van der Waals surface area (Å²) in [5, 5.41) is 0. The summed E-state index contributed by atoms with van der Waals surface area (Å²) in [6.45, 7) is 7.72. The van der Waals surface area contributed by atoms with E-state index < -0.39 is 0 Å². The van der Waals surface area contributed by atoms with Crippen molar-refractivity contribution in [3.8, 4) is 0 Å². The molecule has 84 valence electrons. The minimum absolute atomic E-state index is 1.05. The van der Waals surface area contributed by atoms with Crippen LogP contribution >= 0.6 is 0 Å². The van der Waals surface area contributed by atoms with Crippen molar-refractivity contribution in [3.05, 3.63) is 0 Å². The highest BCUT2D eigenvalue weighted by atomic mass is 14.7. The lowest BCUT2D eigenvalue weighted by Crippen LogP contribution is -1.94. The van der Waals surface area contributed by atoms with Gasteiger partial charge < -0.3 is 0 Å². The molecule has 1 nitrogen and oxygen atoms in total. The molecule has 0 aliphatic heterocycles. The Labute approximate surface area is 90.0 Å². The maximum absolute atomic E-state index is 4.58. The molecule has 0 aliphatic carbocycles. The van der Waals surface area contributed by atoms with Gasteiger partial charge in [0, 0.05) is 12.3 Å². The quantitative estimate of drug-likeness (QED) is 0.378. The van der Waals surface area contributed by atoms with Gasteiger partial charge in [0.05, 0.1) is 0 Å². The maximum Gasteiger partial charge on any atom is 0.0388 e. The van der Waals surface area contributed by atoms with Crippen LogP contribution in [0.15, 0.2) is 4.99 Å². The smallest absolute Gasteiger partial charge is 0.0388 e. The third kappa shape index (κ3) is 9.76. The van der Waals surface area contributed by atoms with Crippen molar-refractivity contribution in [2.75, 3.05) is 6.54 Å². The Morgan fingerprint density at radius 2 is 1.50 bits per heavy atom. The number of nitrogens with zero attached hydrogens (tertiary/aromatic N) is 1. The van der Waals surface area contributed by atoms with Crippen LogP contribution in [-0.4, -0.2) is 12.3 Å². The van der Waals surface area contributed by atoms with Crippen LogP contribution in [0.1, 0.15) is 72.1 Å². The zero-order valence-corrected chi connectivity index (χ0v) is 10.3. The first kappa shape index (κ1) is 13.7. The van der Waals surface area contributed by atoms with E-state index in [9.17, 15) is 0 Å². The van der Waals surface area contributed by atoms with E-state index in [0.29, 0.717) is 0 Å². The average molecular weight is 197 g/mol. The van der Waals surface area contributed by atoms with Crippen molar-refractivity contribution < 1.29 is 0 Å². The zero-order valence-electron chi connectivity index (χ0n) is 10.3. The molecule has 0 fully saturated rings. The molecule has 0 atom stereocenters. The van der Waals surface area contributed by atoms with Crippen molar-refractivity contribution >= 4 is 5.71 Å². The summed E-state index contributed by atoms with van der Waals surface area (Å²) in [5.41, 5.74) is 1.36. The van der Waals surface area contributed by atoms with E-state index in [1.165, 1.54) is 57.1 Å². The molecule has 0 rings (SSSR count). The second kappa shape index (κ2) is 10.7. The standard InChI is InChI=1S/C13H27N/c1-4-6-8-9-11-13(3)14-12-10-7-5-2/h4-12H2,1-3H3. The molecule has 0 aromatic rings. The molecule has 0 amide bonds. The number of hydrogen-bond donors (Lipinski definition) is 0. The summed E-state index contributed by atoms with van der Waals surface area (Å²) < 4.78 is 0. The predicted octanol–water partition coefficient (Wildman–Crippen LogP) is 4.61. The van der Waals surface area contributed by atoms with Crippen molar-refractivity contribution in [2.24, 2.45) is 4.99 Å². The topological polar surface area (TPSA) is 12.4 Å². The van der Waals surface area contributed by atoms with Crippen LogP contribution in [0.25, 0.3) is 0 Å². The van der Waals surface area contributed by atoms with Crippen molar-refractivity contribution in [2.45, 2.75) is 72.1 Å². The Morgan fingerprint density at radius 3 is 2.14 bits per heavy atom. The zero-order chi connectivity index (χ0) is 10.6. The van der Waals surface area contributed by atoms with Crippen LogP contribution in [-0.2, 0) is 0 Å². The van der Waals surface area contributed by atoms with Crippen LogP contribution in [0.4, 0.5) is 0 Å². The molecule has 14 heavy (non-hydrogen) atoms. The SMILES string of the molecule is CCCCCCC(C)=NCCCCC. The van der Waals surface area contributed by atoms with Gasteiger partial charge in [-0.2, -0.15) is 0 Å². The van der Waals surface area contributed by atoms with E-state index in [-0.39, 0.29) is 0 Å². The fourth-order valence-corrected chi connectivity index (χ4v) is 1.52. The largest absolute Gasteiger partial charge is 0.294 e. The van der Waals surface area contributed by atoms with Gasteiger partial charge >= 0.3 is 0 Å². The van der Waals surface area contributed by atoms with Gasteiger partial charge in [0.2, 0.25) is 0 Å². The number of aliphatic imine (C=N–C) groups is 1. The third-order valence-electron chi connectivity index (χ3n) is 2.54. The normalized spacial score (nSPS) is 12.1. The first-order chi connectivity index (χ1) is 6.81. The minimum atomic E-state index is 1.05. The molecular weight excluding hydrogens is 170 g/mol. The molecule has 0 spiro atoms. The first-order valence-corrected chi connectivity index (χ1v) is 6.31. The molecule has 0 radical (unpaired) electrons. The predicted molar refractivity (Wildman–Crippen MR) is 66.3 cm³/mol. The Bertz CT molecular complexity index is 138. The Morgan fingerprint density at radius 1 is 0.857 bits per heavy atom. The lowest BCUT2D eigenvalue weighted by atomic mass is 10.1. The van der Waals surface area contributed by atoms with Crippen LogP contribution in [0, 0.1) is 0 Å². The molecule has 0 bridgehead atoms. The highest BCUT2D eigenvalue weighted by Gasteiger charge is 1.92. The summed E-state index contributed by atoms with van der Waals surface area (Å²) in [6.07, 6.45) is 10.5. The van der Waals surface area contributed by atoms with Gasteiger partial charge in [-0.25, -0.2) is 0 Å². The maximum atomic E-state index is 4.58. The summed E-state index contributed by atoms with van der Waals surface area (Å²) in [6, 6.07) is 0. The lowest BCUT2D eigenvalue weighted by molar-refractivity contribution is 0.679. The molecule has 1 heteroatoms. The van der Waals surface area contributed by atoms with Crippen LogP contribution in [0.5, 0.6) is 0 Å². The minimum Gasteiger partial charge on any atom is -0.294 e. The van der Waals surface area contributed by atoms with Gasteiger partial charge in [-0.05, 0) is 26.2 Å². The summed E-state index contributed by atoms with van der Waals surface area (Å²) in [4.78, 5) is 4.58. The van der Waals surface area contributed by atoms with Crippen LogP contribution in [0.3, 0.4) is 0 Å². The van der Waals surface area contributed by atoms with Gasteiger partial charge in [0.15, 0.2) is 0 Å². The van der Waals surface area contributed by atoms with E-state index in [0.717, 1.165) is 6.54 Å². The molecule has 0 saturated carbocycles. The second-order valence-electron chi connectivity index (χ2n) is 4.13. The number of rotatable bonds is 9. The number of unbranched alkanes of at least 4 members (excludes halogenated alkanes) is 5. The van der Waals surface area contributed by atoms with Crippen LogP contribution < -0.4 is 0 Å². The van der Waals surface area contributed by atoms with Gasteiger partial charge in [0.25, 0.3) is 0 Å². The van der Waals surface area contributed by atoms with Crippen molar-refractivity contribution in [3.63, 3.8) is 0 Å². The van der Waals surface area contributed by atoms with Gasteiger partial charge in [-0.3, -0.25) is 4.99 Å². The van der Waals surface area contributed by atoms with Gasteiger partial charge in [0.1, 0.15) is 0 Å². The fraction of sp³-hybridized carbons (Fsp3) is 0.923. The van der Waals surface area contributed by atoms with E-state index in [1.807, 2.05) is 0 Å². The van der Waals surface area contributed by atoms with Crippen LogP contribution in [0.2, 0.25) is 0 Å². The fourth-order valence-electron chi connectivity index (χ4n) is 1.52. The summed E-state index contributed by atoms with van der Waals surface area (Å²) in [7, 11) is 0. The third-order valence-corrected chi connectivity index (χ3v) is 2.54. The lowest BCUT2D eigenvalue weighted by Gasteiger charge is -2.00. The Balaban J connectivity index is 3.28. The molecular formula is C13H27N. The van der Waals surface area contributed by atoms with Crippen molar-refractivity contribution in [1.29, 1.82) is 0 Å². The van der Waals surface area contributed by atoms with E-state index in [1.54, 1.807) is 0 Å². The van der Waals surface area contributed by atoms with Gasteiger partial charge in [-0.15, -0.1) is 0 Å². The van der Waals surface area contributed by atoms with E-state index >= 15 is 0 Å². The molecule has 0 unspecified atom stereocenters. The van der Waals surface area contributed by atoms with Crippen molar-refractivity contribution in [1.82, 2.24) is 0 Å². The molecule has 0 N–H and O–H groups in total. The van der Waals surface area contributed by atoms with Gasteiger partial charge in [-0.1, -0.05) is 46.0 Å². The summed E-state index contributed by atoms with van der Waals surface area (Å²) in [5.74, 6) is 0. The molecule has 0 heterocycles. The molecule has 0 aromatic carbocycles. The molecule has 0 aliphatic rings. The average Bonchev–Trinajstić information content (AvgIpc) is 2.19. The monoisotopic (exact) mass is 197 g/mol. The van der Waals surface area contributed by atoms with E-state index in [2.05, 4.69) is 25.8 Å². The summed E-state index contributed by atoms with van der Waals surface area (Å²) >= 11 is 0. The molecule has 0 aromatic heterocycles.